The molecule has 1 aromatic rings. The predicted octanol–water partition coefficient (Wildman–Crippen LogP) is -0.0171. The maximum absolute atomic E-state index is 9.56. The average Bonchev–Trinajstić information content (AvgIpc) is 2.53. The maximum atomic E-state index is 9.56. The molecular weight excluding hydrogens is 154 g/mol. The second kappa shape index (κ2) is 3.69. The molecule has 1 unspecified atom stereocenters. The highest BCUT2D eigenvalue weighted by molar-refractivity contribution is 4.79. The molecule has 0 aliphatic rings. The summed E-state index contributed by atoms with van der Waals surface area (Å²) in [5.41, 5.74) is 4.59. The molecule has 4 heteroatoms. The Hall–Kier alpha value is -0.870. The quantitative estimate of drug-likeness (QED) is 0.666. The Balaban J connectivity index is 2.36. The van der Waals surface area contributed by atoms with Crippen LogP contribution in [0.5, 0.6) is 0 Å². The van der Waals surface area contributed by atoms with E-state index in [0.29, 0.717) is 13.0 Å². The van der Waals surface area contributed by atoms with Gasteiger partial charge in [0.25, 0.3) is 0 Å². The lowest BCUT2D eigenvalue weighted by molar-refractivity contribution is 0.0543. The molecule has 1 heterocycles. The number of aromatic nitrogens is 2. The lowest BCUT2D eigenvalue weighted by Gasteiger charge is -2.20. The Bertz CT molecular complexity index is 218. The maximum Gasteiger partial charge on any atom is 0.0759 e. The fourth-order valence-electron chi connectivity index (χ4n) is 0.890. The summed E-state index contributed by atoms with van der Waals surface area (Å²) in [4.78, 5) is 0. The van der Waals surface area contributed by atoms with Gasteiger partial charge in [0.05, 0.1) is 5.60 Å². The first-order chi connectivity index (χ1) is 5.64. The predicted molar refractivity (Wildman–Crippen MR) is 46.5 cm³/mol. The molecule has 68 valence electrons. The van der Waals surface area contributed by atoms with Crippen molar-refractivity contribution >= 4 is 0 Å². The third-order valence-electron chi connectivity index (χ3n) is 1.88. The van der Waals surface area contributed by atoms with Crippen molar-refractivity contribution in [3.05, 3.63) is 18.5 Å². The number of aryl methyl sites for hydroxylation is 1. The Labute approximate surface area is 72.0 Å². The first kappa shape index (κ1) is 9.22. The van der Waals surface area contributed by atoms with Crippen LogP contribution in [0, 0.1) is 0 Å². The van der Waals surface area contributed by atoms with Gasteiger partial charge in [-0.15, -0.1) is 0 Å². The van der Waals surface area contributed by atoms with Crippen LogP contribution >= 0.6 is 0 Å². The van der Waals surface area contributed by atoms with Crippen molar-refractivity contribution in [3.8, 4) is 0 Å². The molecule has 1 rings (SSSR count). The fourth-order valence-corrected chi connectivity index (χ4v) is 0.890. The van der Waals surface area contributed by atoms with Gasteiger partial charge in [0.15, 0.2) is 0 Å². The molecule has 3 N–H and O–H groups in total. The molecular formula is C8H15N3O. The number of nitrogens with two attached hydrogens (primary N) is 1. The van der Waals surface area contributed by atoms with Crippen molar-refractivity contribution in [3.63, 3.8) is 0 Å². The molecule has 1 aromatic heterocycles. The van der Waals surface area contributed by atoms with Gasteiger partial charge in [-0.2, -0.15) is 5.10 Å². The summed E-state index contributed by atoms with van der Waals surface area (Å²) in [6, 6.07) is 1.86. The smallest absolute Gasteiger partial charge is 0.0759 e. The number of rotatable bonds is 4. The molecule has 0 saturated heterocycles. The summed E-state index contributed by atoms with van der Waals surface area (Å²) in [7, 11) is 0. The van der Waals surface area contributed by atoms with Gasteiger partial charge < -0.3 is 10.8 Å². The topological polar surface area (TPSA) is 64.1 Å². The molecule has 12 heavy (non-hydrogen) atoms. The number of nitrogens with zero attached hydrogens (tertiary/aromatic N) is 2. The van der Waals surface area contributed by atoms with Crippen LogP contribution in [0.15, 0.2) is 18.5 Å². The van der Waals surface area contributed by atoms with Crippen LogP contribution in [0.25, 0.3) is 0 Å². The first-order valence-electron chi connectivity index (χ1n) is 4.04. The molecule has 0 aliphatic carbocycles. The molecule has 0 aromatic carbocycles. The van der Waals surface area contributed by atoms with Crippen molar-refractivity contribution in [2.24, 2.45) is 5.73 Å². The highest BCUT2D eigenvalue weighted by Crippen LogP contribution is 2.07. The van der Waals surface area contributed by atoms with Crippen LogP contribution in [0.2, 0.25) is 0 Å². The van der Waals surface area contributed by atoms with Crippen LogP contribution in [0.1, 0.15) is 13.3 Å². The van der Waals surface area contributed by atoms with E-state index in [2.05, 4.69) is 5.10 Å². The number of hydrogen-bond acceptors (Lipinski definition) is 3. The molecule has 1 atom stereocenters. The Morgan fingerprint density at radius 3 is 2.92 bits per heavy atom. The lowest BCUT2D eigenvalue weighted by atomic mass is 10.0. The van der Waals surface area contributed by atoms with Crippen LogP contribution in [-0.4, -0.2) is 27.0 Å². The zero-order valence-corrected chi connectivity index (χ0v) is 7.27. The molecule has 0 saturated carbocycles. The van der Waals surface area contributed by atoms with Crippen LogP contribution < -0.4 is 5.73 Å². The van der Waals surface area contributed by atoms with Crippen molar-refractivity contribution in [1.29, 1.82) is 0 Å². The minimum absolute atomic E-state index is 0.286. The van der Waals surface area contributed by atoms with Crippen LogP contribution in [0.3, 0.4) is 0 Å². The zero-order chi connectivity index (χ0) is 9.03. The van der Waals surface area contributed by atoms with Gasteiger partial charge in [-0.05, 0) is 19.4 Å². The first-order valence-corrected chi connectivity index (χ1v) is 4.04. The Morgan fingerprint density at radius 2 is 2.42 bits per heavy atom. The van der Waals surface area contributed by atoms with Gasteiger partial charge in [0.1, 0.15) is 0 Å². The van der Waals surface area contributed by atoms with E-state index in [1.165, 1.54) is 0 Å². The minimum Gasteiger partial charge on any atom is -0.389 e. The van der Waals surface area contributed by atoms with E-state index in [1.807, 2.05) is 12.3 Å². The molecule has 0 spiro atoms. The Morgan fingerprint density at radius 1 is 1.67 bits per heavy atom. The Kier molecular flexibility index (Phi) is 2.83. The summed E-state index contributed by atoms with van der Waals surface area (Å²) >= 11 is 0. The summed E-state index contributed by atoms with van der Waals surface area (Å²) in [6.45, 7) is 2.72. The van der Waals surface area contributed by atoms with E-state index in [4.69, 9.17) is 5.73 Å². The number of hydrogen-bond donors (Lipinski definition) is 2. The second-order valence-electron chi connectivity index (χ2n) is 3.22. The normalized spacial score (nSPS) is 15.9. The SMILES string of the molecule is CC(O)(CN)CCn1cccn1. The highest BCUT2D eigenvalue weighted by Gasteiger charge is 2.17. The van der Waals surface area contributed by atoms with Crippen molar-refractivity contribution < 1.29 is 5.11 Å². The molecule has 0 aliphatic heterocycles. The number of aliphatic hydroxyl groups is 1. The van der Waals surface area contributed by atoms with E-state index in [-0.39, 0.29) is 6.54 Å². The van der Waals surface area contributed by atoms with E-state index < -0.39 is 5.60 Å². The minimum atomic E-state index is -0.772. The summed E-state index contributed by atoms with van der Waals surface area (Å²) < 4.78 is 1.78. The van der Waals surface area contributed by atoms with Crippen LogP contribution in [-0.2, 0) is 6.54 Å². The van der Waals surface area contributed by atoms with Gasteiger partial charge in [0.2, 0.25) is 0 Å². The monoisotopic (exact) mass is 169 g/mol. The third-order valence-corrected chi connectivity index (χ3v) is 1.88. The second-order valence-corrected chi connectivity index (χ2v) is 3.22. The van der Waals surface area contributed by atoms with Gasteiger partial charge in [0, 0.05) is 25.5 Å². The fraction of sp³-hybridized carbons (Fsp3) is 0.625. The van der Waals surface area contributed by atoms with Gasteiger partial charge in [-0.1, -0.05) is 0 Å². The van der Waals surface area contributed by atoms with Crippen LogP contribution in [0.4, 0.5) is 0 Å². The molecule has 0 fully saturated rings. The van der Waals surface area contributed by atoms with Crippen molar-refractivity contribution in [2.45, 2.75) is 25.5 Å². The largest absolute Gasteiger partial charge is 0.389 e. The van der Waals surface area contributed by atoms with Gasteiger partial charge >= 0.3 is 0 Å². The van der Waals surface area contributed by atoms with Gasteiger partial charge in [-0.25, -0.2) is 0 Å². The van der Waals surface area contributed by atoms with E-state index in [9.17, 15) is 5.11 Å². The van der Waals surface area contributed by atoms with Gasteiger partial charge in [-0.3, -0.25) is 4.68 Å². The van der Waals surface area contributed by atoms with E-state index >= 15 is 0 Å². The standard InChI is InChI=1S/C8H15N3O/c1-8(12,7-9)3-6-11-5-2-4-10-11/h2,4-5,12H,3,6-7,9H2,1H3. The average molecular weight is 169 g/mol. The van der Waals surface area contributed by atoms with Crippen molar-refractivity contribution in [1.82, 2.24) is 9.78 Å². The molecule has 4 nitrogen and oxygen atoms in total. The summed E-state index contributed by atoms with van der Waals surface area (Å²) in [5, 5.41) is 13.6. The van der Waals surface area contributed by atoms with E-state index in [1.54, 1.807) is 17.8 Å². The lowest BCUT2D eigenvalue weighted by Crippen LogP contribution is -2.35. The summed E-state index contributed by atoms with van der Waals surface area (Å²) in [5.74, 6) is 0. The van der Waals surface area contributed by atoms with Crippen molar-refractivity contribution in [2.75, 3.05) is 6.54 Å². The highest BCUT2D eigenvalue weighted by atomic mass is 16.3. The summed E-state index contributed by atoms with van der Waals surface area (Å²) in [6.07, 6.45) is 4.22. The molecule has 0 radical (unpaired) electrons. The zero-order valence-electron chi connectivity index (χ0n) is 7.27. The van der Waals surface area contributed by atoms with E-state index in [0.717, 1.165) is 0 Å². The third kappa shape index (κ3) is 2.64. The molecule has 0 bridgehead atoms. The molecule has 0 amide bonds.